The van der Waals surface area contributed by atoms with Crippen LogP contribution in [0, 0.1) is 0 Å². The van der Waals surface area contributed by atoms with Gasteiger partial charge in [0.25, 0.3) is 0 Å². The molecule has 0 heterocycles. The number of benzene rings is 1. The summed E-state index contributed by atoms with van der Waals surface area (Å²) in [4.78, 5) is 2.46. The number of halogens is 1. The van der Waals surface area contributed by atoms with Crippen LogP contribution in [0.3, 0.4) is 0 Å². The highest BCUT2D eigenvalue weighted by molar-refractivity contribution is 6.30. The highest BCUT2D eigenvalue weighted by Crippen LogP contribution is 2.14. The average Bonchev–Trinajstić information content (AvgIpc) is 2.15. The van der Waals surface area contributed by atoms with Crippen molar-refractivity contribution >= 4 is 11.6 Å². The number of rotatable bonds is 4. The molecular formula is C13H20ClN. The van der Waals surface area contributed by atoms with Crippen molar-refractivity contribution in [2.24, 2.45) is 0 Å². The van der Waals surface area contributed by atoms with Gasteiger partial charge in [-0.25, -0.2) is 0 Å². The summed E-state index contributed by atoms with van der Waals surface area (Å²) in [7, 11) is 0. The average molecular weight is 226 g/mol. The van der Waals surface area contributed by atoms with Crippen molar-refractivity contribution in [3.05, 3.63) is 34.9 Å². The fourth-order valence-corrected chi connectivity index (χ4v) is 1.89. The number of hydrogen-bond donors (Lipinski definition) is 0. The van der Waals surface area contributed by atoms with E-state index in [1.807, 2.05) is 12.1 Å². The predicted octanol–water partition coefficient (Wildman–Crippen LogP) is 3.96. The number of nitrogens with zero attached hydrogens (tertiary/aromatic N) is 1. The Bertz CT molecular complexity index is 282. The van der Waals surface area contributed by atoms with Gasteiger partial charge in [-0.3, -0.25) is 4.90 Å². The molecule has 0 aliphatic carbocycles. The summed E-state index contributed by atoms with van der Waals surface area (Å²) < 4.78 is 0. The molecule has 15 heavy (non-hydrogen) atoms. The Hall–Kier alpha value is -0.530. The van der Waals surface area contributed by atoms with E-state index in [-0.39, 0.29) is 0 Å². The molecule has 0 saturated heterocycles. The molecule has 0 fully saturated rings. The molecule has 0 aliphatic rings. The van der Waals surface area contributed by atoms with Crippen molar-refractivity contribution in [2.75, 3.05) is 0 Å². The molecule has 0 aromatic heterocycles. The molecule has 84 valence electrons. The first kappa shape index (κ1) is 12.5. The Kier molecular flexibility index (Phi) is 4.62. The van der Waals surface area contributed by atoms with Gasteiger partial charge in [-0.2, -0.15) is 0 Å². The van der Waals surface area contributed by atoms with Gasteiger partial charge in [-0.05, 0) is 45.4 Å². The van der Waals surface area contributed by atoms with Gasteiger partial charge in [-0.1, -0.05) is 23.7 Å². The molecule has 2 heteroatoms. The normalized spacial score (nSPS) is 11.7. The lowest BCUT2D eigenvalue weighted by molar-refractivity contribution is 0.166. The topological polar surface area (TPSA) is 3.24 Å². The van der Waals surface area contributed by atoms with Gasteiger partial charge in [0.15, 0.2) is 0 Å². The molecule has 0 bridgehead atoms. The maximum absolute atomic E-state index is 5.86. The zero-order valence-corrected chi connectivity index (χ0v) is 10.8. The lowest BCUT2D eigenvalue weighted by atomic mass is 10.1. The van der Waals surface area contributed by atoms with Gasteiger partial charge in [0.2, 0.25) is 0 Å². The van der Waals surface area contributed by atoms with Crippen LogP contribution in [-0.2, 0) is 6.54 Å². The SMILES string of the molecule is CC(C)N(Cc1ccc(Cl)cc1)C(C)C. The maximum atomic E-state index is 5.86. The van der Waals surface area contributed by atoms with Crippen LogP contribution in [0.15, 0.2) is 24.3 Å². The van der Waals surface area contributed by atoms with Gasteiger partial charge in [0.05, 0.1) is 0 Å². The minimum atomic E-state index is 0.570. The van der Waals surface area contributed by atoms with E-state index in [9.17, 15) is 0 Å². The van der Waals surface area contributed by atoms with E-state index in [1.54, 1.807) is 0 Å². The smallest absolute Gasteiger partial charge is 0.0406 e. The Balaban J connectivity index is 2.70. The predicted molar refractivity (Wildman–Crippen MR) is 67.3 cm³/mol. The molecule has 1 rings (SSSR count). The van der Waals surface area contributed by atoms with Gasteiger partial charge in [-0.15, -0.1) is 0 Å². The van der Waals surface area contributed by atoms with Gasteiger partial charge in [0.1, 0.15) is 0 Å². The second kappa shape index (κ2) is 5.53. The van der Waals surface area contributed by atoms with E-state index < -0.39 is 0 Å². The van der Waals surface area contributed by atoms with E-state index in [0.29, 0.717) is 12.1 Å². The summed E-state index contributed by atoms with van der Waals surface area (Å²) in [5, 5.41) is 0.805. The van der Waals surface area contributed by atoms with Gasteiger partial charge < -0.3 is 0 Å². The molecule has 0 spiro atoms. The molecular weight excluding hydrogens is 206 g/mol. The lowest BCUT2D eigenvalue weighted by Crippen LogP contribution is -2.36. The summed E-state index contributed by atoms with van der Waals surface area (Å²) >= 11 is 5.86. The number of hydrogen-bond acceptors (Lipinski definition) is 1. The largest absolute Gasteiger partial charge is 0.294 e. The van der Waals surface area contributed by atoms with Crippen molar-refractivity contribution in [3.63, 3.8) is 0 Å². The molecule has 1 aromatic rings. The van der Waals surface area contributed by atoms with Crippen molar-refractivity contribution in [3.8, 4) is 0 Å². The first-order valence-corrected chi connectivity index (χ1v) is 5.88. The van der Waals surface area contributed by atoms with Crippen LogP contribution in [0.25, 0.3) is 0 Å². The summed E-state index contributed by atoms with van der Waals surface area (Å²) in [5.41, 5.74) is 1.32. The lowest BCUT2D eigenvalue weighted by Gasteiger charge is -2.30. The molecule has 0 saturated carbocycles. The van der Waals surface area contributed by atoms with Crippen LogP contribution < -0.4 is 0 Å². The van der Waals surface area contributed by atoms with Crippen LogP contribution in [-0.4, -0.2) is 17.0 Å². The van der Waals surface area contributed by atoms with Crippen LogP contribution >= 0.6 is 11.6 Å². The second-order valence-electron chi connectivity index (χ2n) is 4.49. The molecule has 0 amide bonds. The second-order valence-corrected chi connectivity index (χ2v) is 4.92. The fourth-order valence-electron chi connectivity index (χ4n) is 1.76. The highest BCUT2D eigenvalue weighted by atomic mass is 35.5. The summed E-state index contributed by atoms with van der Waals surface area (Å²) in [6, 6.07) is 9.24. The van der Waals surface area contributed by atoms with Crippen molar-refractivity contribution < 1.29 is 0 Å². The van der Waals surface area contributed by atoms with E-state index >= 15 is 0 Å². The minimum absolute atomic E-state index is 0.570. The van der Waals surface area contributed by atoms with E-state index in [1.165, 1.54) is 5.56 Å². The van der Waals surface area contributed by atoms with Crippen LogP contribution in [0.1, 0.15) is 33.3 Å². The molecule has 0 unspecified atom stereocenters. The highest BCUT2D eigenvalue weighted by Gasteiger charge is 2.13. The van der Waals surface area contributed by atoms with Crippen LogP contribution in [0.2, 0.25) is 5.02 Å². The molecule has 0 atom stereocenters. The van der Waals surface area contributed by atoms with E-state index in [2.05, 4.69) is 44.7 Å². The summed E-state index contributed by atoms with van der Waals surface area (Å²) in [5.74, 6) is 0. The van der Waals surface area contributed by atoms with Crippen molar-refractivity contribution in [1.29, 1.82) is 0 Å². The minimum Gasteiger partial charge on any atom is -0.294 e. The van der Waals surface area contributed by atoms with Crippen LogP contribution in [0.5, 0.6) is 0 Å². The Labute approximate surface area is 98.0 Å². The maximum Gasteiger partial charge on any atom is 0.0406 e. The standard InChI is InChI=1S/C13H20ClN/c1-10(2)15(11(3)4)9-12-5-7-13(14)8-6-12/h5-8,10-11H,9H2,1-4H3. The molecule has 1 nitrogen and oxygen atoms in total. The van der Waals surface area contributed by atoms with E-state index in [4.69, 9.17) is 11.6 Å². The molecule has 1 aromatic carbocycles. The third-order valence-corrected chi connectivity index (χ3v) is 2.86. The van der Waals surface area contributed by atoms with Gasteiger partial charge >= 0.3 is 0 Å². The van der Waals surface area contributed by atoms with Crippen LogP contribution in [0.4, 0.5) is 0 Å². The zero-order chi connectivity index (χ0) is 11.4. The van der Waals surface area contributed by atoms with Crippen molar-refractivity contribution in [2.45, 2.75) is 46.3 Å². The zero-order valence-electron chi connectivity index (χ0n) is 10.00. The fraction of sp³-hybridized carbons (Fsp3) is 0.538. The first-order valence-electron chi connectivity index (χ1n) is 5.51. The first-order chi connectivity index (χ1) is 7.00. The molecule has 0 radical (unpaired) electrons. The third kappa shape index (κ3) is 3.84. The summed E-state index contributed by atoms with van der Waals surface area (Å²) in [6.07, 6.45) is 0. The Morgan fingerprint density at radius 3 is 1.87 bits per heavy atom. The third-order valence-electron chi connectivity index (χ3n) is 2.60. The van der Waals surface area contributed by atoms with Crippen molar-refractivity contribution in [1.82, 2.24) is 4.90 Å². The molecule has 0 aliphatic heterocycles. The van der Waals surface area contributed by atoms with E-state index in [0.717, 1.165) is 11.6 Å². The van der Waals surface area contributed by atoms with Gasteiger partial charge in [0, 0.05) is 23.7 Å². The molecule has 0 N–H and O–H groups in total. The Morgan fingerprint density at radius 1 is 1.00 bits per heavy atom. The summed E-state index contributed by atoms with van der Waals surface area (Å²) in [6.45, 7) is 9.92. The monoisotopic (exact) mass is 225 g/mol. The Morgan fingerprint density at radius 2 is 1.47 bits per heavy atom. The quantitative estimate of drug-likeness (QED) is 0.750.